The SMILES string of the molecule is Brc1ccccc1.[PH2-].c1ccc(-n2c3cc4c(cc3c3c5ccccc5ccc32)c2ccccc2n4-c2ccc(-c3cccc4ccccc34)cc2)cc1.c1ccc2c(-c3ccc(-n4c5ccccc5c5cc6c(cc54)Cc4ccc5ccccc5c4-6)cc3)cccc2c1. The molecule has 3 heterocycles. The molecule has 1 aliphatic carbocycles. The van der Waals surface area contributed by atoms with E-state index in [1.54, 1.807) is 0 Å². The summed E-state index contributed by atoms with van der Waals surface area (Å²) in [6.45, 7) is 0. The van der Waals surface area contributed by atoms with Crippen LogP contribution in [0.15, 0.2) is 344 Å². The van der Waals surface area contributed by atoms with Gasteiger partial charge in [0.1, 0.15) is 0 Å². The van der Waals surface area contributed by atoms with Crippen molar-refractivity contribution in [3.05, 3.63) is 355 Å². The number of nitrogens with zero attached hydrogens (tertiary/aromatic N) is 3. The largest absolute Gasteiger partial charge is 0.577 e. The summed E-state index contributed by atoms with van der Waals surface area (Å²) in [5, 5.41) is 18.0. The molecule has 19 aromatic rings. The van der Waals surface area contributed by atoms with Crippen molar-refractivity contribution in [2.45, 2.75) is 6.42 Å². The van der Waals surface area contributed by atoms with E-state index in [1.807, 2.05) is 30.3 Å². The standard InChI is InChI=1S/C44H28N2.C39H25N.C6H5Br.H2P/c1-2-14-32(15-3-1)46-41-26-23-30-12-5-7-17-36(30)44(41)39-27-38-37-18-8-9-20-40(37)45(42(38)28-43(39)46)33-24-21-31(22-25-33)35-19-10-13-29-11-4-6-16-34(29)35;1-3-11-31-25(8-1)10-7-14-32(31)27-18-20-30(21-19-27)40-37-15-6-5-13-34(37)36-24-35-29(23-38(36)40)22-28-17-16-26-9-2-4-12-33(26)39(28)35;7-6-4-2-1-3-5-6;/h1-28H;1-21,23-24H,22H2;1-5H;1H2/q;;;-1. The van der Waals surface area contributed by atoms with Gasteiger partial charge in [0.2, 0.25) is 0 Å². The topological polar surface area (TPSA) is 14.8 Å². The van der Waals surface area contributed by atoms with Gasteiger partial charge in [-0.05, 0) is 185 Å². The highest BCUT2D eigenvalue weighted by molar-refractivity contribution is 9.10. The lowest BCUT2D eigenvalue weighted by Gasteiger charge is -2.12. The Morgan fingerprint density at radius 1 is 0.234 bits per heavy atom. The van der Waals surface area contributed by atoms with Crippen molar-refractivity contribution in [3.8, 4) is 50.4 Å². The molecule has 3 aromatic heterocycles. The summed E-state index contributed by atoms with van der Waals surface area (Å²) in [5.74, 6) is 0. The zero-order valence-electron chi connectivity index (χ0n) is 51.3. The van der Waals surface area contributed by atoms with E-state index in [0.29, 0.717) is 0 Å². The number of rotatable bonds is 5. The van der Waals surface area contributed by atoms with Crippen LogP contribution in [0.4, 0.5) is 0 Å². The molecule has 0 unspecified atom stereocenters. The van der Waals surface area contributed by atoms with Crippen LogP contribution in [0.3, 0.4) is 0 Å². The third-order valence-corrected chi connectivity index (χ3v) is 19.7. The summed E-state index contributed by atoms with van der Waals surface area (Å²) in [7, 11) is 0. The fraction of sp³-hybridized carbons (Fsp3) is 0.0112. The highest BCUT2D eigenvalue weighted by atomic mass is 79.9. The summed E-state index contributed by atoms with van der Waals surface area (Å²) in [4.78, 5) is 0. The molecular formula is C89H60BrN3P-. The highest BCUT2D eigenvalue weighted by Crippen LogP contribution is 2.47. The third-order valence-electron chi connectivity index (χ3n) is 19.2. The Morgan fingerprint density at radius 3 is 1.21 bits per heavy atom. The molecule has 0 radical (unpaired) electrons. The van der Waals surface area contributed by atoms with E-state index in [0.717, 1.165) is 16.6 Å². The normalized spacial score (nSPS) is 11.8. The fourth-order valence-corrected chi connectivity index (χ4v) is 15.3. The van der Waals surface area contributed by atoms with Crippen LogP contribution >= 0.6 is 25.8 Å². The fourth-order valence-electron chi connectivity index (χ4n) is 15.0. The summed E-state index contributed by atoms with van der Waals surface area (Å²) in [5.41, 5.74) is 21.5. The van der Waals surface area contributed by atoms with Crippen molar-refractivity contribution in [2.24, 2.45) is 0 Å². The number of halogens is 1. The van der Waals surface area contributed by atoms with Gasteiger partial charge >= 0.3 is 0 Å². The lowest BCUT2D eigenvalue weighted by atomic mass is 9.97. The van der Waals surface area contributed by atoms with Crippen LogP contribution in [0.25, 0.3) is 159 Å². The van der Waals surface area contributed by atoms with Crippen molar-refractivity contribution in [1.29, 1.82) is 0 Å². The molecule has 0 saturated carbocycles. The first kappa shape index (κ1) is 56.8. The molecule has 0 bridgehead atoms. The minimum Gasteiger partial charge on any atom is -0.577 e. The second-order valence-corrected chi connectivity index (χ2v) is 25.3. The molecule has 0 amide bonds. The number of benzene rings is 16. The van der Waals surface area contributed by atoms with E-state index in [-0.39, 0.29) is 9.90 Å². The summed E-state index contributed by atoms with van der Waals surface area (Å²) in [6.07, 6.45) is 0.979. The van der Waals surface area contributed by atoms with E-state index in [4.69, 9.17) is 0 Å². The number of para-hydroxylation sites is 3. The van der Waals surface area contributed by atoms with Crippen LogP contribution < -0.4 is 0 Å². The smallest absolute Gasteiger partial charge is 0.0562 e. The van der Waals surface area contributed by atoms with E-state index < -0.39 is 0 Å². The first-order chi connectivity index (χ1) is 46.1. The van der Waals surface area contributed by atoms with Gasteiger partial charge < -0.3 is 23.6 Å². The van der Waals surface area contributed by atoms with E-state index in [9.17, 15) is 0 Å². The molecule has 1 aliphatic rings. The molecule has 94 heavy (non-hydrogen) atoms. The molecular weight excluding hydrogens is 1220 g/mol. The molecule has 0 fully saturated rings. The van der Waals surface area contributed by atoms with Gasteiger partial charge in [-0.2, -0.15) is 0 Å². The predicted octanol–water partition coefficient (Wildman–Crippen LogP) is 25.0. The highest BCUT2D eigenvalue weighted by Gasteiger charge is 2.25. The Labute approximate surface area is 556 Å². The van der Waals surface area contributed by atoms with Gasteiger partial charge in [-0.15, -0.1) is 0 Å². The molecule has 3 nitrogen and oxygen atoms in total. The second kappa shape index (κ2) is 23.5. The van der Waals surface area contributed by atoms with Gasteiger partial charge in [-0.1, -0.05) is 265 Å². The third kappa shape index (κ3) is 9.51. The molecule has 16 aromatic carbocycles. The Balaban J connectivity index is 0.000000129. The zero-order valence-corrected chi connectivity index (χ0v) is 54.1. The summed E-state index contributed by atoms with van der Waals surface area (Å²) in [6, 6.07) is 123. The van der Waals surface area contributed by atoms with Crippen LogP contribution in [-0.4, -0.2) is 13.7 Å². The van der Waals surface area contributed by atoms with E-state index >= 15 is 0 Å². The van der Waals surface area contributed by atoms with Crippen LogP contribution in [-0.2, 0) is 6.42 Å². The van der Waals surface area contributed by atoms with E-state index in [1.165, 1.54) is 164 Å². The lowest BCUT2D eigenvalue weighted by Crippen LogP contribution is -1.96. The minimum absolute atomic E-state index is 0. The van der Waals surface area contributed by atoms with Crippen LogP contribution in [0.5, 0.6) is 0 Å². The van der Waals surface area contributed by atoms with Gasteiger partial charge in [0, 0.05) is 53.9 Å². The van der Waals surface area contributed by atoms with Gasteiger partial charge in [0.05, 0.1) is 33.1 Å². The average Bonchev–Trinajstić information content (AvgIpc) is 1.56. The first-order valence-electron chi connectivity index (χ1n) is 32.0. The van der Waals surface area contributed by atoms with Crippen molar-refractivity contribution in [1.82, 2.24) is 13.7 Å². The Bertz CT molecular complexity index is 6130. The summed E-state index contributed by atoms with van der Waals surface area (Å²) >= 11 is 3.31. The number of aromatic nitrogens is 3. The van der Waals surface area contributed by atoms with Crippen molar-refractivity contribution < 1.29 is 0 Å². The molecule has 20 rings (SSSR count). The molecule has 5 heteroatoms. The maximum absolute atomic E-state index is 3.31. The molecule has 444 valence electrons. The van der Waals surface area contributed by atoms with Crippen molar-refractivity contribution in [2.75, 3.05) is 0 Å². The Morgan fingerprint density at radius 2 is 0.649 bits per heavy atom. The first-order valence-corrected chi connectivity index (χ1v) is 32.7. The summed E-state index contributed by atoms with van der Waals surface area (Å²) < 4.78 is 8.44. The predicted molar refractivity (Wildman–Crippen MR) is 409 cm³/mol. The average molecular weight is 1280 g/mol. The molecule has 0 atom stereocenters. The Kier molecular flexibility index (Phi) is 14.2. The van der Waals surface area contributed by atoms with Crippen molar-refractivity contribution >= 4 is 134 Å². The Hall–Kier alpha value is -11.1. The van der Waals surface area contributed by atoms with Gasteiger partial charge in [-0.25, -0.2) is 0 Å². The number of hydrogen-bond donors (Lipinski definition) is 0. The van der Waals surface area contributed by atoms with Crippen LogP contribution in [0.2, 0.25) is 0 Å². The number of fused-ring (bicyclic) bond motifs is 18. The zero-order chi connectivity index (χ0) is 61.5. The van der Waals surface area contributed by atoms with Gasteiger partial charge in [-0.3, -0.25) is 0 Å². The minimum atomic E-state index is 0. The molecule has 0 spiro atoms. The van der Waals surface area contributed by atoms with Gasteiger partial charge in [0.15, 0.2) is 0 Å². The molecule has 0 N–H and O–H groups in total. The lowest BCUT2D eigenvalue weighted by molar-refractivity contribution is 1.16. The monoisotopic (exact) mass is 1280 g/mol. The maximum Gasteiger partial charge on any atom is 0.0562 e. The van der Waals surface area contributed by atoms with Crippen molar-refractivity contribution in [3.63, 3.8) is 0 Å². The van der Waals surface area contributed by atoms with Gasteiger partial charge in [0.25, 0.3) is 0 Å². The van der Waals surface area contributed by atoms with Crippen LogP contribution in [0, 0.1) is 0 Å². The quantitative estimate of drug-likeness (QED) is 0.153. The molecule has 0 aliphatic heterocycles. The second-order valence-electron chi connectivity index (χ2n) is 24.4. The number of hydrogen-bond acceptors (Lipinski definition) is 0. The molecule has 0 saturated heterocycles. The maximum atomic E-state index is 3.31. The van der Waals surface area contributed by atoms with E-state index in [2.05, 4.69) is 339 Å². The van der Waals surface area contributed by atoms with Crippen LogP contribution in [0.1, 0.15) is 11.1 Å².